The van der Waals surface area contributed by atoms with E-state index in [0.717, 1.165) is 0 Å². The van der Waals surface area contributed by atoms with E-state index in [1.807, 2.05) is 0 Å². The van der Waals surface area contributed by atoms with Gasteiger partial charge in [-0.25, -0.2) is 4.98 Å². The van der Waals surface area contributed by atoms with Gasteiger partial charge in [-0.2, -0.15) is 0 Å². The van der Waals surface area contributed by atoms with Crippen LogP contribution in [0.5, 0.6) is 12.0 Å². The molecule has 1 aromatic heterocycles. The molecule has 0 fully saturated rings. The monoisotopic (exact) mass is 331 g/mol. The molecule has 12 heavy (non-hydrogen) atoms. The molecule has 0 spiro atoms. The molecule has 1 rings (SSSR count). The SMILES string of the molecule is [Cu+].[Cu+].[Cu+].[O-]c1nc([O-])nc([S-])n1. The molecule has 1 aromatic rings. The first-order valence-corrected chi connectivity index (χ1v) is 2.36. The standard InChI is InChI=1S/C3H3N3O2S.3Cu/c7-1-4-2(8)6-3(9)5-1;;;/h(H3,4,5,6,7,8,9);;;/q;3*+1/p-3. The van der Waals surface area contributed by atoms with E-state index in [-0.39, 0.29) is 56.4 Å². The molecule has 0 aliphatic rings. The van der Waals surface area contributed by atoms with Crippen molar-refractivity contribution >= 4 is 12.6 Å². The molecule has 1 heterocycles. The first kappa shape index (κ1) is 18.2. The normalized spacial score (nSPS) is 7.00. The fourth-order valence-corrected chi connectivity index (χ4v) is 0.477. The van der Waals surface area contributed by atoms with Crippen LogP contribution in [0.15, 0.2) is 5.16 Å². The van der Waals surface area contributed by atoms with Gasteiger partial charge < -0.3 is 22.8 Å². The predicted octanol–water partition coefficient (Wildman–Crippen LogP) is -2.08. The molecule has 0 unspecified atom stereocenters. The maximum atomic E-state index is 10.2. The summed E-state index contributed by atoms with van der Waals surface area (Å²) in [5.74, 6) is 0. The number of rotatable bonds is 0. The fourth-order valence-electron chi connectivity index (χ4n) is 0.320. The molecule has 0 radical (unpaired) electrons. The summed E-state index contributed by atoms with van der Waals surface area (Å²) < 4.78 is 0. The first-order valence-electron chi connectivity index (χ1n) is 1.95. The minimum atomic E-state index is -0.875. The van der Waals surface area contributed by atoms with E-state index in [2.05, 4.69) is 27.6 Å². The smallest absolute Gasteiger partial charge is 0.844 e. The summed E-state index contributed by atoms with van der Waals surface area (Å²) >= 11 is 4.32. The zero-order chi connectivity index (χ0) is 6.85. The average molecular weight is 333 g/mol. The van der Waals surface area contributed by atoms with Crippen molar-refractivity contribution in [2.24, 2.45) is 0 Å². The van der Waals surface area contributed by atoms with Gasteiger partial charge in [0, 0.05) is 5.16 Å². The van der Waals surface area contributed by atoms with Crippen LogP contribution in [0.2, 0.25) is 0 Å². The molecule has 0 atom stereocenters. The van der Waals surface area contributed by atoms with Crippen LogP contribution >= 0.6 is 0 Å². The van der Waals surface area contributed by atoms with E-state index in [0.29, 0.717) is 0 Å². The van der Waals surface area contributed by atoms with Gasteiger partial charge in [-0.15, -0.1) is 0 Å². The van der Waals surface area contributed by atoms with Crippen LogP contribution in [-0.2, 0) is 63.8 Å². The van der Waals surface area contributed by atoms with Crippen molar-refractivity contribution < 1.29 is 61.4 Å². The number of hydrogen-bond acceptors (Lipinski definition) is 6. The Labute approximate surface area is 106 Å². The van der Waals surface area contributed by atoms with Gasteiger partial charge in [-0.3, -0.25) is 9.97 Å². The maximum Gasteiger partial charge on any atom is 1.00 e. The molecule has 0 saturated carbocycles. The van der Waals surface area contributed by atoms with Crippen LogP contribution in [0.3, 0.4) is 0 Å². The van der Waals surface area contributed by atoms with Crippen molar-refractivity contribution in [3.63, 3.8) is 0 Å². The van der Waals surface area contributed by atoms with Gasteiger partial charge in [0.15, 0.2) is 0 Å². The summed E-state index contributed by atoms with van der Waals surface area (Å²) in [5, 5.41) is 20.1. The molecule has 78 valence electrons. The van der Waals surface area contributed by atoms with E-state index in [1.54, 1.807) is 0 Å². The minimum absolute atomic E-state index is 0. The second-order valence-electron chi connectivity index (χ2n) is 1.18. The third kappa shape index (κ3) is 5.97. The Bertz CT molecular complexity index is 188. The van der Waals surface area contributed by atoms with Gasteiger partial charge in [0.05, 0.1) is 12.0 Å². The van der Waals surface area contributed by atoms with Gasteiger partial charge in [0.1, 0.15) is 0 Å². The van der Waals surface area contributed by atoms with Crippen molar-refractivity contribution in [3.8, 4) is 12.0 Å². The Morgan fingerprint density at radius 1 is 0.833 bits per heavy atom. The largest absolute Gasteiger partial charge is 1.00 e. The van der Waals surface area contributed by atoms with Gasteiger partial charge in [-0.05, 0) is 0 Å². The Hall–Kier alpha value is 0.388. The van der Waals surface area contributed by atoms with Crippen LogP contribution in [0, 0.1) is 0 Å². The van der Waals surface area contributed by atoms with E-state index in [9.17, 15) is 10.2 Å². The predicted molar refractivity (Wildman–Crippen MR) is 24.4 cm³/mol. The molecular formula is C3Cu3N3O2S. The molecule has 0 bridgehead atoms. The molecular weight excluding hydrogens is 333 g/mol. The van der Waals surface area contributed by atoms with Crippen LogP contribution < -0.4 is 10.2 Å². The van der Waals surface area contributed by atoms with Crippen molar-refractivity contribution in [3.05, 3.63) is 0 Å². The zero-order valence-corrected chi connectivity index (χ0v) is 8.61. The van der Waals surface area contributed by atoms with Gasteiger partial charge in [-0.1, -0.05) is 0 Å². The maximum absolute atomic E-state index is 10.2. The quantitative estimate of drug-likeness (QED) is 0.400. The summed E-state index contributed by atoms with van der Waals surface area (Å²) in [5.41, 5.74) is 0. The molecule has 0 N–H and O–H groups in total. The number of aromatic nitrogens is 3. The van der Waals surface area contributed by atoms with Gasteiger partial charge in [0.2, 0.25) is 0 Å². The van der Waals surface area contributed by atoms with E-state index < -0.39 is 12.0 Å². The zero-order valence-electron chi connectivity index (χ0n) is 4.97. The van der Waals surface area contributed by atoms with Gasteiger partial charge >= 0.3 is 51.2 Å². The second kappa shape index (κ2) is 8.01. The molecule has 5 nitrogen and oxygen atoms in total. The molecule has 0 amide bonds. The third-order valence-electron chi connectivity index (χ3n) is 0.574. The van der Waals surface area contributed by atoms with Gasteiger partial charge in [0.25, 0.3) is 0 Å². The topological polar surface area (TPSA) is 84.8 Å². The van der Waals surface area contributed by atoms with Crippen LogP contribution in [0.1, 0.15) is 0 Å². The number of hydrogen-bond donors (Lipinski definition) is 0. The average Bonchev–Trinajstić information content (AvgIpc) is 1.59. The Morgan fingerprint density at radius 3 is 1.42 bits per heavy atom. The summed E-state index contributed by atoms with van der Waals surface area (Å²) in [6.45, 7) is 0. The van der Waals surface area contributed by atoms with Crippen molar-refractivity contribution in [2.45, 2.75) is 5.16 Å². The van der Waals surface area contributed by atoms with Crippen molar-refractivity contribution in [2.75, 3.05) is 0 Å². The Kier molecular flexibility index (Phi) is 12.2. The summed E-state index contributed by atoms with van der Waals surface area (Å²) in [6, 6.07) is -1.75. The van der Waals surface area contributed by atoms with E-state index in [4.69, 9.17) is 0 Å². The minimum Gasteiger partial charge on any atom is -0.844 e. The van der Waals surface area contributed by atoms with Crippen LogP contribution in [-0.4, -0.2) is 15.0 Å². The van der Waals surface area contributed by atoms with Crippen LogP contribution in [0.25, 0.3) is 0 Å². The van der Waals surface area contributed by atoms with E-state index in [1.165, 1.54) is 0 Å². The van der Waals surface area contributed by atoms with Crippen molar-refractivity contribution in [1.29, 1.82) is 0 Å². The first-order chi connectivity index (χ1) is 4.18. The van der Waals surface area contributed by atoms with E-state index >= 15 is 0 Å². The molecule has 9 heteroatoms. The molecule has 0 aliphatic heterocycles. The summed E-state index contributed by atoms with van der Waals surface area (Å²) in [6.07, 6.45) is 0. The third-order valence-corrected chi connectivity index (χ3v) is 0.756. The second-order valence-corrected chi connectivity index (χ2v) is 1.55. The van der Waals surface area contributed by atoms with Crippen molar-refractivity contribution in [1.82, 2.24) is 15.0 Å². The molecule has 0 saturated heterocycles. The Balaban J connectivity index is -0.000000270. The Morgan fingerprint density at radius 2 is 1.17 bits per heavy atom. The molecule has 0 aliphatic carbocycles. The summed E-state index contributed by atoms with van der Waals surface area (Å²) in [7, 11) is 0. The summed E-state index contributed by atoms with van der Waals surface area (Å²) in [4.78, 5) is 8.98. The van der Waals surface area contributed by atoms with Crippen LogP contribution in [0.4, 0.5) is 0 Å². The number of nitrogens with zero attached hydrogens (tertiary/aromatic N) is 3. The fraction of sp³-hybridized carbons (Fsp3) is 0. The molecule has 0 aromatic carbocycles.